The third kappa shape index (κ3) is 4.76. The van der Waals surface area contributed by atoms with Crippen LogP contribution in [0, 0.1) is 10.1 Å². The molecule has 0 fully saturated rings. The van der Waals surface area contributed by atoms with Crippen molar-refractivity contribution in [2.75, 3.05) is 10.6 Å². The normalized spacial score (nSPS) is 10.1. The third-order valence-electron chi connectivity index (χ3n) is 3.87. The highest BCUT2D eigenvalue weighted by atomic mass is 16.6. The molecule has 8 nitrogen and oxygen atoms in total. The molecule has 0 aliphatic rings. The summed E-state index contributed by atoms with van der Waals surface area (Å²) in [7, 11) is 0. The number of nitro groups is 1. The van der Waals surface area contributed by atoms with Gasteiger partial charge in [0.05, 0.1) is 16.9 Å². The Hall–Kier alpha value is -4.07. The minimum absolute atomic E-state index is 0.102. The van der Waals surface area contributed by atoms with Crippen molar-refractivity contribution in [3.63, 3.8) is 0 Å². The van der Waals surface area contributed by atoms with Gasteiger partial charge in [-0.2, -0.15) is 0 Å². The van der Waals surface area contributed by atoms with E-state index in [1.54, 1.807) is 60.8 Å². The number of rotatable bonds is 6. The lowest BCUT2D eigenvalue weighted by atomic mass is 10.1. The number of carbonyl (C=O) groups is 2. The molecule has 0 saturated carbocycles. The zero-order valence-electron chi connectivity index (χ0n) is 14.7. The van der Waals surface area contributed by atoms with Gasteiger partial charge in [-0.25, -0.2) is 0 Å². The van der Waals surface area contributed by atoms with Gasteiger partial charge < -0.3 is 10.6 Å². The van der Waals surface area contributed by atoms with Gasteiger partial charge in [0.25, 0.3) is 11.6 Å². The first kappa shape index (κ1) is 18.7. The number of benzene rings is 2. The highest BCUT2D eigenvalue weighted by Crippen LogP contribution is 2.20. The molecule has 0 aliphatic heterocycles. The van der Waals surface area contributed by atoms with E-state index in [9.17, 15) is 19.7 Å². The quantitative estimate of drug-likeness (QED) is 0.505. The van der Waals surface area contributed by atoms with Crippen LogP contribution in [0.1, 0.15) is 15.9 Å². The van der Waals surface area contributed by atoms with Crippen LogP contribution in [0.5, 0.6) is 0 Å². The van der Waals surface area contributed by atoms with Crippen LogP contribution >= 0.6 is 0 Å². The second-order valence-corrected chi connectivity index (χ2v) is 5.89. The molecule has 3 rings (SSSR count). The van der Waals surface area contributed by atoms with Gasteiger partial charge in [0, 0.05) is 35.4 Å². The fraction of sp³-hybridized carbons (Fsp3) is 0.0500. The van der Waals surface area contributed by atoms with Crippen molar-refractivity contribution in [3.05, 3.63) is 94.3 Å². The van der Waals surface area contributed by atoms with E-state index in [1.165, 1.54) is 12.3 Å². The summed E-state index contributed by atoms with van der Waals surface area (Å²) in [5.74, 6) is -0.721. The summed E-state index contributed by atoms with van der Waals surface area (Å²) in [6.07, 6.45) is 2.89. The van der Waals surface area contributed by atoms with Crippen molar-refractivity contribution in [3.8, 4) is 0 Å². The molecule has 0 saturated heterocycles. The molecule has 0 spiro atoms. The largest absolute Gasteiger partial charge is 0.326 e. The number of para-hydroxylation sites is 1. The Kier molecular flexibility index (Phi) is 5.71. The predicted molar refractivity (Wildman–Crippen MR) is 104 cm³/mol. The molecular formula is C20H16N4O4. The predicted octanol–water partition coefficient (Wildman–Crippen LogP) is 3.42. The highest BCUT2D eigenvalue weighted by Gasteiger charge is 2.15. The zero-order valence-corrected chi connectivity index (χ0v) is 14.7. The number of hydrogen-bond donors (Lipinski definition) is 2. The smallest absolute Gasteiger partial charge is 0.273 e. The number of hydrogen-bond acceptors (Lipinski definition) is 5. The van der Waals surface area contributed by atoms with E-state index >= 15 is 0 Å². The second kappa shape index (κ2) is 8.54. The maximum atomic E-state index is 12.3. The molecule has 2 amide bonds. The monoisotopic (exact) mass is 376 g/mol. The number of nitrogens with one attached hydrogen (secondary N) is 2. The van der Waals surface area contributed by atoms with Gasteiger partial charge in [0.15, 0.2) is 0 Å². The Bertz CT molecular complexity index is 1020. The van der Waals surface area contributed by atoms with Crippen LogP contribution in [0.4, 0.5) is 17.1 Å². The number of nitro benzene ring substituents is 1. The standard InChI is InChI=1S/C20H16N4O4/c25-19(11-14-5-1-2-9-18(14)24(27)28)22-16-7-3-8-17(12-16)23-20(26)15-6-4-10-21-13-15/h1-10,12-13H,11H2,(H,22,25)(H,23,26). The van der Waals surface area contributed by atoms with Crippen molar-refractivity contribution >= 4 is 28.9 Å². The number of carbonyl (C=O) groups excluding carboxylic acids is 2. The molecule has 1 heterocycles. The van der Waals surface area contributed by atoms with Crippen molar-refractivity contribution in [1.82, 2.24) is 4.98 Å². The summed E-state index contributed by atoms with van der Waals surface area (Å²) in [4.78, 5) is 38.9. The molecule has 1 aromatic heterocycles. The lowest BCUT2D eigenvalue weighted by molar-refractivity contribution is -0.385. The molecule has 0 bridgehead atoms. The average Bonchev–Trinajstić information content (AvgIpc) is 2.69. The Morgan fingerprint density at radius 2 is 1.71 bits per heavy atom. The van der Waals surface area contributed by atoms with E-state index in [4.69, 9.17) is 0 Å². The van der Waals surface area contributed by atoms with E-state index in [2.05, 4.69) is 15.6 Å². The van der Waals surface area contributed by atoms with Gasteiger partial charge >= 0.3 is 0 Å². The summed E-state index contributed by atoms with van der Waals surface area (Å²) in [5.41, 5.74) is 1.60. The summed E-state index contributed by atoms with van der Waals surface area (Å²) >= 11 is 0. The highest BCUT2D eigenvalue weighted by molar-refractivity contribution is 6.04. The second-order valence-electron chi connectivity index (χ2n) is 5.89. The SMILES string of the molecule is O=C(Cc1ccccc1[N+](=O)[O-])Nc1cccc(NC(=O)c2cccnc2)c1. The van der Waals surface area contributed by atoms with Crippen LogP contribution in [-0.4, -0.2) is 21.7 Å². The van der Waals surface area contributed by atoms with Crippen LogP contribution in [0.15, 0.2) is 73.1 Å². The van der Waals surface area contributed by atoms with Crippen molar-refractivity contribution in [2.24, 2.45) is 0 Å². The lowest BCUT2D eigenvalue weighted by Crippen LogP contribution is -2.16. The van der Waals surface area contributed by atoms with E-state index in [0.29, 0.717) is 22.5 Å². The number of aromatic nitrogens is 1. The topological polar surface area (TPSA) is 114 Å². The lowest BCUT2D eigenvalue weighted by Gasteiger charge is -2.09. The van der Waals surface area contributed by atoms with Crippen LogP contribution in [0.2, 0.25) is 0 Å². The Balaban J connectivity index is 1.67. The van der Waals surface area contributed by atoms with Crippen molar-refractivity contribution in [2.45, 2.75) is 6.42 Å². The maximum absolute atomic E-state index is 12.3. The molecule has 3 aromatic rings. The fourth-order valence-electron chi connectivity index (χ4n) is 2.59. The molecule has 28 heavy (non-hydrogen) atoms. The van der Waals surface area contributed by atoms with Crippen LogP contribution in [0.3, 0.4) is 0 Å². The number of pyridine rings is 1. The maximum Gasteiger partial charge on any atom is 0.273 e. The van der Waals surface area contributed by atoms with E-state index in [0.717, 1.165) is 0 Å². The Morgan fingerprint density at radius 3 is 2.43 bits per heavy atom. The first-order valence-corrected chi connectivity index (χ1v) is 8.36. The first-order chi connectivity index (χ1) is 13.5. The van der Waals surface area contributed by atoms with E-state index < -0.39 is 10.8 Å². The minimum atomic E-state index is -0.517. The van der Waals surface area contributed by atoms with Gasteiger partial charge in [0.1, 0.15) is 0 Å². The average molecular weight is 376 g/mol. The van der Waals surface area contributed by atoms with Gasteiger partial charge in [-0.3, -0.25) is 24.7 Å². The molecule has 0 atom stereocenters. The minimum Gasteiger partial charge on any atom is -0.326 e. The molecule has 0 unspecified atom stereocenters. The molecular weight excluding hydrogens is 360 g/mol. The molecule has 140 valence electrons. The van der Waals surface area contributed by atoms with Gasteiger partial charge in [-0.15, -0.1) is 0 Å². The molecule has 8 heteroatoms. The number of amides is 2. The van der Waals surface area contributed by atoms with E-state index in [-0.39, 0.29) is 18.0 Å². The van der Waals surface area contributed by atoms with Gasteiger partial charge in [-0.1, -0.05) is 24.3 Å². The summed E-state index contributed by atoms with van der Waals surface area (Å²) in [6, 6.07) is 16.0. The third-order valence-corrected chi connectivity index (χ3v) is 3.87. The zero-order chi connectivity index (χ0) is 19.9. The number of nitrogens with zero attached hydrogens (tertiary/aromatic N) is 2. The summed E-state index contributed by atoms with van der Waals surface area (Å²) < 4.78 is 0. The molecule has 0 radical (unpaired) electrons. The van der Waals surface area contributed by atoms with E-state index in [1.807, 2.05) is 0 Å². The van der Waals surface area contributed by atoms with Crippen LogP contribution in [-0.2, 0) is 11.2 Å². The summed E-state index contributed by atoms with van der Waals surface area (Å²) in [5, 5.41) is 16.5. The van der Waals surface area contributed by atoms with Crippen LogP contribution in [0.25, 0.3) is 0 Å². The van der Waals surface area contributed by atoms with Gasteiger partial charge in [0.2, 0.25) is 5.91 Å². The van der Waals surface area contributed by atoms with Crippen LogP contribution < -0.4 is 10.6 Å². The first-order valence-electron chi connectivity index (χ1n) is 8.36. The molecule has 0 aliphatic carbocycles. The number of anilines is 2. The van der Waals surface area contributed by atoms with Crippen molar-refractivity contribution in [1.29, 1.82) is 0 Å². The summed E-state index contributed by atoms with van der Waals surface area (Å²) in [6.45, 7) is 0. The molecule has 2 N–H and O–H groups in total. The molecule has 2 aromatic carbocycles. The Labute approximate surface area is 160 Å². The van der Waals surface area contributed by atoms with Gasteiger partial charge in [-0.05, 0) is 30.3 Å². The van der Waals surface area contributed by atoms with Crippen molar-refractivity contribution < 1.29 is 14.5 Å². The Morgan fingerprint density at radius 1 is 0.964 bits per heavy atom. The fourth-order valence-corrected chi connectivity index (χ4v) is 2.59.